The Morgan fingerprint density at radius 2 is 2.15 bits per heavy atom. The molecule has 0 spiro atoms. The third kappa shape index (κ3) is 2.71. The third-order valence-corrected chi connectivity index (χ3v) is 3.88. The van der Waals surface area contributed by atoms with Crippen molar-refractivity contribution in [2.24, 2.45) is 7.05 Å². The van der Waals surface area contributed by atoms with Crippen LogP contribution in [0.1, 0.15) is 0 Å². The Kier molecular flexibility index (Phi) is 3.54. The monoisotopic (exact) mass is 350 g/mol. The van der Waals surface area contributed by atoms with Crippen molar-refractivity contribution in [3.05, 3.63) is 42.9 Å². The average molecular weight is 350 g/mol. The number of nitrogen functional groups attached to an aromatic ring is 1. The molecule has 0 aliphatic heterocycles. The number of hydrogen-bond donors (Lipinski definition) is 3. The molecule has 0 radical (unpaired) electrons. The van der Waals surface area contributed by atoms with E-state index < -0.39 is 6.16 Å². The van der Waals surface area contributed by atoms with Crippen LogP contribution in [0.15, 0.2) is 42.9 Å². The molecular weight excluding hydrogens is 336 g/mol. The number of H-pyrrole nitrogens is 1. The lowest BCUT2D eigenvalue weighted by Crippen LogP contribution is -2.03. The van der Waals surface area contributed by atoms with E-state index in [4.69, 9.17) is 15.6 Å². The number of carboxylic acid groups (broad SMARTS) is 1. The van der Waals surface area contributed by atoms with Gasteiger partial charge in [-0.15, -0.1) is 0 Å². The summed E-state index contributed by atoms with van der Waals surface area (Å²) in [5.74, 6) is 0.919. The summed E-state index contributed by atoms with van der Waals surface area (Å²) in [6, 6.07) is 6.84. The Balaban J connectivity index is 1.83. The number of rotatable bonds is 3. The quantitative estimate of drug-likeness (QED) is 0.382. The first-order chi connectivity index (χ1) is 12.5. The Hall–Kier alpha value is -3.88. The maximum atomic E-state index is 10.8. The first-order valence-electron chi connectivity index (χ1n) is 7.65. The van der Waals surface area contributed by atoms with Gasteiger partial charge in [0.1, 0.15) is 17.2 Å². The van der Waals surface area contributed by atoms with Gasteiger partial charge in [0.25, 0.3) is 0 Å². The van der Waals surface area contributed by atoms with Gasteiger partial charge in [0, 0.05) is 30.6 Å². The fraction of sp³-hybridized carbons (Fsp3) is 0.0588. The van der Waals surface area contributed by atoms with E-state index in [1.807, 2.05) is 19.3 Å². The van der Waals surface area contributed by atoms with Gasteiger partial charge in [-0.05, 0) is 18.2 Å². The molecule has 9 nitrogen and oxygen atoms in total. The van der Waals surface area contributed by atoms with Gasteiger partial charge in [-0.2, -0.15) is 5.10 Å². The van der Waals surface area contributed by atoms with Crippen LogP contribution in [0.2, 0.25) is 0 Å². The number of pyridine rings is 1. The highest BCUT2D eigenvalue weighted by Crippen LogP contribution is 2.31. The Bertz CT molecular complexity index is 1130. The Labute approximate surface area is 147 Å². The number of imidazole rings is 1. The summed E-state index contributed by atoms with van der Waals surface area (Å²) in [4.78, 5) is 22.7. The molecule has 0 aliphatic rings. The van der Waals surface area contributed by atoms with Gasteiger partial charge >= 0.3 is 6.16 Å². The minimum Gasteiger partial charge on any atom is -0.449 e. The van der Waals surface area contributed by atoms with Crippen molar-refractivity contribution in [1.82, 2.24) is 24.7 Å². The van der Waals surface area contributed by atoms with Gasteiger partial charge in [-0.1, -0.05) is 6.07 Å². The predicted octanol–water partition coefficient (Wildman–Crippen LogP) is 2.66. The minimum atomic E-state index is -1.40. The van der Waals surface area contributed by atoms with Crippen molar-refractivity contribution in [3.63, 3.8) is 0 Å². The van der Waals surface area contributed by atoms with Crippen LogP contribution in [-0.4, -0.2) is 36.0 Å². The number of aromatic nitrogens is 5. The number of ether oxygens (including phenoxy) is 1. The molecule has 0 unspecified atom stereocenters. The van der Waals surface area contributed by atoms with Crippen LogP contribution in [0, 0.1) is 0 Å². The van der Waals surface area contributed by atoms with E-state index in [1.165, 1.54) is 6.07 Å². The van der Waals surface area contributed by atoms with Crippen molar-refractivity contribution in [2.45, 2.75) is 0 Å². The van der Waals surface area contributed by atoms with E-state index >= 15 is 0 Å². The van der Waals surface area contributed by atoms with Crippen molar-refractivity contribution in [2.75, 3.05) is 5.73 Å². The molecule has 3 heterocycles. The van der Waals surface area contributed by atoms with Crippen LogP contribution >= 0.6 is 0 Å². The van der Waals surface area contributed by atoms with Crippen molar-refractivity contribution < 1.29 is 14.6 Å². The van der Waals surface area contributed by atoms with Gasteiger partial charge in [0.2, 0.25) is 0 Å². The molecule has 0 amide bonds. The van der Waals surface area contributed by atoms with Crippen molar-refractivity contribution in [1.29, 1.82) is 0 Å². The third-order valence-electron chi connectivity index (χ3n) is 3.88. The summed E-state index contributed by atoms with van der Waals surface area (Å²) in [6.45, 7) is 0. The molecule has 0 fully saturated rings. The molecule has 0 saturated carbocycles. The van der Waals surface area contributed by atoms with Crippen LogP contribution in [0.4, 0.5) is 10.6 Å². The van der Waals surface area contributed by atoms with E-state index in [1.54, 1.807) is 29.2 Å². The number of fused-ring (bicyclic) bond motifs is 1. The largest absolute Gasteiger partial charge is 0.511 e. The minimum absolute atomic E-state index is 0.146. The lowest BCUT2D eigenvalue weighted by molar-refractivity contribution is 0.145. The zero-order chi connectivity index (χ0) is 18.3. The summed E-state index contributed by atoms with van der Waals surface area (Å²) >= 11 is 0. The first kappa shape index (κ1) is 15.6. The summed E-state index contributed by atoms with van der Waals surface area (Å²) in [5.41, 5.74) is 9.39. The molecule has 4 aromatic rings. The second-order valence-corrected chi connectivity index (χ2v) is 5.67. The number of carbonyl (C=O) groups is 1. The molecule has 0 atom stereocenters. The second kappa shape index (κ2) is 5.88. The van der Waals surface area contributed by atoms with Crippen molar-refractivity contribution in [3.8, 4) is 28.3 Å². The number of aryl methyl sites for hydroxylation is 1. The van der Waals surface area contributed by atoms with Crippen molar-refractivity contribution >= 4 is 23.0 Å². The van der Waals surface area contributed by atoms with Gasteiger partial charge in [0.15, 0.2) is 5.75 Å². The lowest BCUT2D eigenvalue weighted by atomic mass is 10.1. The summed E-state index contributed by atoms with van der Waals surface area (Å²) in [5, 5.41) is 13.0. The molecule has 9 heteroatoms. The fourth-order valence-electron chi connectivity index (χ4n) is 2.70. The zero-order valence-corrected chi connectivity index (χ0v) is 13.7. The Morgan fingerprint density at radius 3 is 2.88 bits per heavy atom. The number of hydrogen-bond acceptors (Lipinski definition) is 6. The van der Waals surface area contributed by atoms with Gasteiger partial charge in [-0.25, -0.2) is 14.8 Å². The summed E-state index contributed by atoms with van der Waals surface area (Å²) < 4.78 is 6.48. The van der Waals surface area contributed by atoms with Crippen LogP contribution < -0.4 is 10.5 Å². The molecule has 4 rings (SSSR count). The molecule has 0 aliphatic carbocycles. The number of anilines is 1. The maximum absolute atomic E-state index is 10.8. The van der Waals surface area contributed by atoms with Gasteiger partial charge in [-0.3, -0.25) is 4.68 Å². The molecule has 3 aromatic heterocycles. The molecule has 4 N–H and O–H groups in total. The van der Waals surface area contributed by atoms with E-state index in [0.29, 0.717) is 28.2 Å². The molecule has 130 valence electrons. The maximum Gasteiger partial charge on any atom is 0.511 e. The van der Waals surface area contributed by atoms with Crippen LogP contribution in [0.3, 0.4) is 0 Å². The number of benzene rings is 1. The van der Waals surface area contributed by atoms with Crippen LogP contribution in [0.25, 0.3) is 33.5 Å². The SMILES string of the molecule is Cn1cc(-c2cnc(N)c(-c3nc4c(OC(=O)O)cccc4[nH]3)c2)cn1. The second-order valence-electron chi connectivity index (χ2n) is 5.67. The van der Waals surface area contributed by atoms with E-state index in [9.17, 15) is 4.79 Å². The number of nitrogens with two attached hydrogens (primary N) is 1. The smallest absolute Gasteiger partial charge is 0.449 e. The molecular formula is C17H14N6O3. The van der Waals surface area contributed by atoms with E-state index in [0.717, 1.165) is 11.1 Å². The highest BCUT2D eigenvalue weighted by Gasteiger charge is 2.15. The summed E-state index contributed by atoms with van der Waals surface area (Å²) in [7, 11) is 1.83. The zero-order valence-electron chi connectivity index (χ0n) is 13.7. The van der Waals surface area contributed by atoms with Crippen LogP contribution in [-0.2, 0) is 7.05 Å². The summed E-state index contributed by atoms with van der Waals surface area (Å²) in [6.07, 6.45) is 3.86. The van der Waals surface area contributed by atoms with Gasteiger partial charge in [0.05, 0.1) is 17.3 Å². The fourth-order valence-corrected chi connectivity index (χ4v) is 2.70. The predicted molar refractivity (Wildman–Crippen MR) is 94.6 cm³/mol. The standard InChI is InChI=1S/C17H14N6O3/c1-23-8-10(7-20-23)9-5-11(15(18)19-6-9)16-21-12-3-2-4-13(14(12)22-16)26-17(24)25/h2-8H,1H3,(H2,18,19)(H,21,22)(H,24,25). The Morgan fingerprint density at radius 1 is 1.31 bits per heavy atom. The number of nitrogens with one attached hydrogen (secondary N) is 1. The highest BCUT2D eigenvalue weighted by molar-refractivity contribution is 5.88. The van der Waals surface area contributed by atoms with E-state index in [2.05, 4.69) is 20.1 Å². The lowest BCUT2D eigenvalue weighted by Gasteiger charge is -2.04. The topological polar surface area (TPSA) is 132 Å². The molecule has 1 aromatic carbocycles. The number of para-hydroxylation sites is 1. The van der Waals surface area contributed by atoms with E-state index in [-0.39, 0.29) is 5.75 Å². The van der Waals surface area contributed by atoms with Gasteiger partial charge < -0.3 is 20.6 Å². The molecule has 26 heavy (non-hydrogen) atoms. The normalized spacial score (nSPS) is 11.0. The highest BCUT2D eigenvalue weighted by atomic mass is 16.7. The average Bonchev–Trinajstić information content (AvgIpc) is 3.22. The molecule has 0 saturated heterocycles. The molecule has 0 bridgehead atoms. The number of nitrogens with zero attached hydrogens (tertiary/aromatic N) is 4. The first-order valence-corrected chi connectivity index (χ1v) is 7.65. The van der Waals surface area contributed by atoms with Crippen LogP contribution in [0.5, 0.6) is 5.75 Å². The number of aromatic amines is 1.